The first kappa shape index (κ1) is 14.0. The second kappa shape index (κ2) is 5.71. The first-order valence-electron chi connectivity index (χ1n) is 6.02. The molecule has 0 spiro atoms. The molecule has 2 N–H and O–H groups in total. The van der Waals surface area contributed by atoms with Gasteiger partial charge in [0.25, 0.3) is 5.91 Å². The van der Waals surface area contributed by atoms with Crippen molar-refractivity contribution < 1.29 is 14.7 Å². The average Bonchev–Trinajstić information content (AvgIpc) is 2.41. The Hall–Kier alpha value is -1.40. The van der Waals surface area contributed by atoms with E-state index in [0.717, 1.165) is 10.0 Å². The molecule has 0 bridgehead atoms. The van der Waals surface area contributed by atoms with Gasteiger partial charge in [0.15, 0.2) is 0 Å². The highest BCUT2D eigenvalue weighted by Gasteiger charge is 2.33. The van der Waals surface area contributed by atoms with Crippen molar-refractivity contribution in [3.63, 3.8) is 0 Å². The van der Waals surface area contributed by atoms with Crippen LogP contribution in [-0.2, 0) is 4.79 Å². The van der Waals surface area contributed by atoms with Crippen LogP contribution in [0.15, 0.2) is 22.7 Å². The molecule has 1 amide bonds. The maximum Gasteiger partial charge on any atom is 0.327 e. The number of benzene rings is 1. The second-order valence-corrected chi connectivity index (χ2v) is 5.29. The highest BCUT2D eigenvalue weighted by Crippen LogP contribution is 2.23. The molecule has 19 heavy (non-hydrogen) atoms. The van der Waals surface area contributed by atoms with Gasteiger partial charge in [-0.1, -0.05) is 12.1 Å². The summed E-state index contributed by atoms with van der Waals surface area (Å²) in [5, 5.41) is 12.2. The second-order valence-electron chi connectivity index (χ2n) is 4.49. The Kier molecular flexibility index (Phi) is 4.21. The van der Waals surface area contributed by atoms with Gasteiger partial charge >= 0.3 is 5.97 Å². The number of rotatable bonds is 2. The first-order chi connectivity index (χ1) is 9.02. The third-order valence-electron chi connectivity index (χ3n) is 3.21. The minimum atomic E-state index is -0.982. The molecule has 1 unspecified atom stereocenters. The molecule has 1 aromatic rings. The van der Waals surface area contributed by atoms with Crippen LogP contribution in [0.4, 0.5) is 0 Å². The number of piperazine rings is 1. The number of carboxylic acid groups (broad SMARTS) is 1. The van der Waals surface area contributed by atoms with E-state index in [1.807, 2.05) is 13.0 Å². The Labute approximate surface area is 119 Å². The van der Waals surface area contributed by atoms with Crippen LogP contribution in [0.25, 0.3) is 0 Å². The summed E-state index contributed by atoms with van der Waals surface area (Å²) in [6.07, 6.45) is 0. The molecule has 5 nitrogen and oxygen atoms in total. The number of aryl methyl sites for hydroxylation is 1. The van der Waals surface area contributed by atoms with E-state index in [4.69, 9.17) is 0 Å². The number of amides is 1. The standard InChI is InChI=1S/C13H15BrN2O3/c1-8-3-2-4-9(11(8)14)12(17)16-6-5-15-7-10(16)13(18)19/h2-4,10,15H,5-7H2,1H3,(H,18,19). The van der Waals surface area contributed by atoms with Gasteiger partial charge in [-0.25, -0.2) is 4.79 Å². The van der Waals surface area contributed by atoms with Crippen LogP contribution < -0.4 is 5.32 Å². The number of halogens is 1. The van der Waals surface area contributed by atoms with Gasteiger partial charge < -0.3 is 15.3 Å². The summed E-state index contributed by atoms with van der Waals surface area (Å²) in [7, 11) is 0. The average molecular weight is 327 g/mol. The summed E-state index contributed by atoms with van der Waals surface area (Å²) >= 11 is 3.39. The van der Waals surface area contributed by atoms with Crippen LogP contribution in [0.2, 0.25) is 0 Å². The van der Waals surface area contributed by atoms with E-state index in [1.54, 1.807) is 12.1 Å². The van der Waals surface area contributed by atoms with Crippen LogP contribution in [-0.4, -0.2) is 47.6 Å². The lowest BCUT2D eigenvalue weighted by Gasteiger charge is -2.33. The largest absolute Gasteiger partial charge is 0.480 e. The van der Waals surface area contributed by atoms with Crippen molar-refractivity contribution in [1.82, 2.24) is 10.2 Å². The molecule has 1 atom stereocenters. The van der Waals surface area contributed by atoms with Gasteiger partial charge in [-0.2, -0.15) is 0 Å². The van der Waals surface area contributed by atoms with Crippen LogP contribution >= 0.6 is 15.9 Å². The Balaban J connectivity index is 2.31. The van der Waals surface area contributed by atoms with Gasteiger partial charge in [-0.05, 0) is 34.5 Å². The van der Waals surface area contributed by atoms with E-state index in [9.17, 15) is 14.7 Å². The third-order valence-corrected chi connectivity index (χ3v) is 4.26. The Morgan fingerprint density at radius 3 is 2.89 bits per heavy atom. The highest BCUT2D eigenvalue weighted by atomic mass is 79.9. The molecule has 0 aromatic heterocycles. The molecule has 0 radical (unpaired) electrons. The molecule has 1 heterocycles. The fourth-order valence-electron chi connectivity index (χ4n) is 2.14. The molecule has 1 aliphatic heterocycles. The smallest absolute Gasteiger partial charge is 0.327 e. The molecule has 6 heteroatoms. The molecule has 0 saturated carbocycles. The van der Waals surface area contributed by atoms with Gasteiger partial charge in [0.1, 0.15) is 6.04 Å². The van der Waals surface area contributed by atoms with Crippen molar-refractivity contribution in [2.75, 3.05) is 19.6 Å². The van der Waals surface area contributed by atoms with E-state index in [-0.39, 0.29) is 12.5 Å². The third kappa shape index (κ3) is 2.79. The van der Waals surface area contributed by atoms with Crippen LogP contribution in [0.1, 0.15) is 15.9 Å². The number of hydrogen-bond donors (Lipinski definition) is 2. The number of hydrogen-bond acceptors (Lipinski definition) is 3. The van der Waals surface area contributed by atoms with Crippen LogP contribution in [0, 0.1) is 6.92 Å². The monoisotopic (exact) mass is 326 g/mol. The highest BCUT2D eigenvalue weighted by molar-refractivity contribution is 9.10. The van der Waals surface area contributed by atoms with Crippen LogP contribution in [0.3, 0.4) is 0 Å². The molecule has 1 aromatic carbocycles. The first-order valence-corrected chi connectivity index (χ1v) is 6.81. The predicted molar refractivity (Wildman–Crippen MR) is 74.2 cm³/mol. The summed E-state index contributed by atoms with van der Waals surface area (Å²) in [6, 6.07) is 4.59. The summed E-state index contributed by atoms with van der Waals surface area (Å²) in [5.74, 6) is -1.23. The minimum Gasteiger partial charge on any atom is -0.480 e. The van der Waals surface area contributed by atoms with Gasteiger partial charge in [0.05, 0.1) is 5.56 Å². The predicted octanol–water partition coefficient (Wildman–Crippen LogP) is 1.26. The fraction of sp³-hybridized carbons (Fsp3) is 0.385. The number of carbonyl (C=O) groups is 2. The molecule has 1 fully saturated rings. The number of nitrogens with one attached hydrogen (secondary N) is 1. The Morgan fingerprint density at radius 1 is 1.47 bits per heavy atom. The number of carboxylic acids is 1. The van der Waals surface area contributed by atoms with E-state index < -0.39 is 12.0 Å². The zero-order valence-electron chi connectivity index (χ0n) is 10.5. The SMILES string of the molecule is Cc1cccc(C(=O)N2CCNCC2C(=O)O)c1Br. The number of aliphatic carboxylic acids is 1. The molecular formula is C13H15BrN2O3. The zero-order valence-corrected chi connectivity index (χ0v) is 12.1. The maximum absolute atomic E-state index is 12.5. The van der Waals surface area contributed by atoms with Crippen molar-refractivity contribution in [2.45, 2.75) is 13.0 Å². The van der Waals surface area contributed by atoms with Gasteiger partial charge in [-0.3, -0.25) is 4.79 Å². The molecule has 0 aliphatic carbocycles. The van der Waals surface area contributed by atoms with Crippen LogP contribution in [0.5, 0.6) is 0 Å². The van der Waals surface area contributed by atoms with Crippen molar-refractivity contribution >= 4 is 27.8 Å². The molecule has 102 valence electrons. The van der Waals surface area contributed by atoms with Gasteiger partial charge in [-0.15, -0.1) is 0 Å². The lowest BCUT2D eigenvalue weighted by atomic mass is 10.1. The molecule has 2 rings (SSSR count). The lowest BCUT2D eigenvalue weighted by molar-refractivity contribution is -0.142. The normalized spacial score (nSPS) is 19.3. The van der Waals surface area contributed by atoms with Crippen molar-refractivity contribution in [3.05, 3.63) is 33.8 Å². The minimum absolute atomic E-state index is 0.246. The lowest BCUT2D eigenvalue weighted by Crippen LogP contribution is -2.57. The summed E-state index contributed by atoms with van der Waals surface area (Å²) in [6.45, 7) is 3.19. The van der Waals surface area contributed by atoms with Crippen molar-refractivity contribution in [3.8, 4) is 0 Å². The topological polar surface area (TPSA) is 69.6 Å². The Bertz CT molecular complexity index is 519. The quantitative estimate of drug-likeness (QED) is 0.858. The maximum atomic E-state index is 12.5. The number of nitrogens with zero attached hydrogens (tertiary/aromatic N) is 1. The van der Waals surface area contributed by atoms with E-state index >= 15 is 0 Å². The van der Waals surface area contributed by atoms with E-state index in [0.29, 0.717) is 18.7 Å². The van der Waals surface area contributed by atoms with Gasteiger partial charge in [0.2, 0.25) is 0 Å². The van der Waals surface area contributed by atoms with E-state index in [1.165, 1.54) is 4.90 Å². The van der Waals surface area contributed by atoms with Crippen molar-refractivity contribution in [2.24, 2.45) is 0 Å². The zero-order chi connectivity index (χ0) is 14.0. The number of carbonyl (C=O) groups excluding carboxylic acids is 1. The van der Waals surface area contributed by atoms with Crippen molar-refractivity contribution in [1.29, 1.82) is 0 Å². The molecule has 1 aliphatic rings. The molecule has 1 saturated heterocycles. The van der Waals surface area contributed by atoms with E-state index in [2.05, 4.69) is 21.2 Å². The summed E-state index contributed by atoms with van der Waals surface area (Å²) in [5.41, 5.74) is 1.46. The Morgan fingerprint density at radius 2 is 2.21 bits per heavy atom. The fourth-order valence-corrected chi connectivity index (χ4v) is 2.57. The summed E-state index contributed by atoms with van der Waals surface area (Å²) < 4.78 is 0.725. The summed E-state index contributed by atoms with van der Waals surface area (Å²) in [4.78, 5) is 25.1. The van der Waals surface area contributed by atoms with Gasteiger partial charge in [0, 0.05) is 24.1 Å². The molecular weight excluding hydrogens is 312 g/mol.